The number of thiazole rings is 1. The number of hydrogen-bond acceptors (Lipinski definition) is 6. The summed E-state index contributed by atoms with van der Waals surface area (Å²) in [5.41, 5.74) is 2.08. The molecule has 0 radical (unpaired) electrons. The van der Waals surface area contributed by atoms with Gasteiger partial charge in [-0.15, -0.1) is 11.3 Å². The highest BCUT2D eigenvalue weighted by atomic mass is 32.2. The van der Waals surface area contributed by atoms with Crippen molar-refractivity contribution in [3.8, 4) is 0 Å². The van der Waals surface area contributed by atoms with Crippen LogP contribution in [0, 0.1) is 13.8 Å². The number of nitrogens with zero attached hydrogens (tertiary/aromatic N) is 3. The second-order valence-electron chi connectivity index (χ2n) is 6.99. The molecule has 2 aromatic heterocycles. The van der Waals surface area contributed by atoms with Gasteiger partial charge in [0, 0.05) is 30.1 Å². The van der Waals surface area contributed by atoms with E-state index in [0.29, 0.717) is 13.1 Å². The normalized spacial score (nSPS) is 24.2. The van der Waals surface area contributed by atoms with E-state index in [0.717, 1.165) is 34.9 Å². The minimum atomic E-state index is -3.73. The maximum Gasteiger partial charge on any atom is 0.239 e. The largest absolute Gasteiger partial charge is 0.292 e. The van der Waals surface area contributed by atoms with Crippen molar-refractivity contribution in [2.45, 2.75) is 32.6 Å². The summed E-state index contributed by atoms with van der Waals surface area (Å²) in [6, 6.07) is 0. The number of rotatable bonds is 3. The third kappa shape index (κ3) is 2.92. The summed E-state index contributed by atoms with van der Waals surface area (Å²) in [6.45, 7) is 4.77. The summed E-state index contributed by atoms with van der Waals surface area (Å²) in [7, 11) is -7.05. The van der Waals surface area contributed by atoms with Crippen LogP contribution in [0.5, 0.6) is 0 Å². The summed E-state index contributed by atoms with van der Waals surface area (Å²) >= 11 is 1.63. The molecule has 4 rings (SSSR count). The smallest absolute Gasteiger partial charge is 0.239 e. The number of imidazole rings is 1. The fraction of sp³-hybridized carbons (Fsp3) is 0.562. The molecule has 10 heteroatoms. The van der Waals surface area contributed by atoms with Gasteiger partial charge in [-0.05, 0) is 26.7 Å². The second-order valence-corrected chi connectivity index (χ2v) is 11.9. The van der Waals surface area contributed by atoms with Crippen LogP contribution >= 0.6 is 11.3 Å². The summed E-state index contributed by atoms with van der Waals surface area (Å²) in [5.74, 6) is 0.375. The molecule has 0 N–H and O–H groups in total. The maximum atomic E-state index is 12.9. The number of piperidine rings is 1. The van der Waals surface area contributed by atoms with E-state index in [9.17, 15) is 16.8 Å². The topological polar surface area (TPSA) is 88.8 Å². The van der Waals surface area contributed by atoms with E-state index in [-0.39, 0.29) is 22.3 Å². The number of hydrogen-bond donors (Lipinski definition) is 0. The molecule has 0 aromatic carbocycles. The first-order chi connectivity index (χ1) is 12.2. The van der Waals surface area contributed by atoms with Crippen molar-refractivity contribution >= 4 is 36.0 Å². The fourth-order valence-electron chi connectivity index (χ4n) is 3.81. The van der Waals surface area contributed by atoms with Gasteiger partial charge in [-0.1, -0.05) is 6.08 Å². The molecule has 1 fully saturated rings. The zero-order valence-electron chi connectivity index (χ0n) is 14.7. The van der Waals surface area contributed by atoms with Gasteiger partial charge in [0.2, 0.25) is 10.0 Å². The molecule has 2 aromatic rings. The lowest BCUT2D eigenvalue weighted by Gasteiger charge is -2.31. The zero-order chi connectivity index (χ0) is 18.7. The molecule has 7 nitrogen and oxygen atoms in total. The molecule has 1 saturated heterocycles. The van der Waals surface area contributed by atoms with Crippen molar-refractivity contribution in [3.63, 3.8) is 0 Å². The molecule has 2 aliphatic heterocycles. The standard InChI is InChI=1S/C16H21N3O4S3/c1-11-9-24-16-15(17-12(2)19(11)16)13-4-3-6-18(8-13)26(22,23)14-5-7-25(20,21)10-14/h5,9,13H,3-4,6-8,10H2,1-2H3. The second kappa shape index (κ2) is 6.15. The van der Waals surface area contributed by atoms with Crippen LogP contribution in [-0.2, 0) is 19.9 Å². The minimum absolute atomic E-state index is 0.0243. The molecule has 0 saturated carbocycles. The van der Waals surface area contributed by atoms with Crippen molar-refractivity contribution in [2.75, 3.05) is 24.6 Å². The fourth-order valence-corrected chi connectivity index (χ4v) is 8.64. The molecule has 0 bridgehead atoms. The Hall–Kier alpha value is -1.23. The lowest BCUT2D eigenvalue weighted by Crippen LogP contribution is -2.40. The molecule has 1 unspecified atom stereocenters. The molecular weight excluding hydrogens is 394 g/mol. The Balaban J connectivity index is 1.64. The first-order valence-electron chi connectivity index (χ1n) is 8.52. The Morgan fingerprint density at radius 1 is 1.31 bits per heavy atom. The lowest BCUT2D eigenvalue weighted by atomic mass is 9.97. The highest BCUT2D eigenvalue weighted by Crippen LogP contribution is 2.35. The number of sulfone groups is 1. The molecule has 0 spiro atoms. The first kappa shape index (κ1) is 18.1. The Bertz CT molecular complexity index is 1110. The van der Waals surface area contributed by atoms with Crippen molar-refractivity contribution in [1.82, 2.24) is 13.7 Å². The van der Waals surface area contributed by atoms with E-state index in [2.05, 4.69) is 9.78 Å². The Morgan fingerprint density at radius 2 is 2.08 bits per heavy atom. The van der Waals surface area contributed by atoms with Crippen molar-refractivity contribution in [1.29, 1.82) is 0 Å². The van der Waals surface area contributed by atoms with Crippen molar-refractivity contribution < 1.29 is 16.8 Å². The molecule has 0 amide bonds. The average molecular weight is 416 g/mol. The summed E-state index contributed by atoms with van der Waals surface area (Å²) in [5, 5.41) is 2.08. The Kier molecular flexibility index (Phi) is 4.29. The van der Waals surface area contributed by atoms with E-state index in [4.69, 9.17) is 4.98 Å². The van der Waals surface area contributed by atoms with Crippen LogP contribution in [-0.4, -0.2) is 55.1 Å². The van der Waals surface area contributed by atoms with E-state index in [1.54, 1.807) is 11.3 Å². The first-order valence-corrected chi connectivity index (χ1v) is 12.7. The molecule has 4 heterocycles. The minimum Gasteiger partial charge on any atom is -0.292 e. The highest BCUT2D eigenvalue weighted by molar-refractivity contribution is 7.97. The summed E-state index contributed by atoms with van der Waals surface area (Å²) < 4.78 is 52.7. The Morgan fingerprint density at radius 3 is 2.77 bits per heavy atom. The molecule has 1 atom stereocenters. The van der Waals surface area contributed by atoms with Crippen molar-refractivity contribution in [2.24, 2.45) is 0 Å². The quantitative estimate of drug-likeness (QED) is 0.763. The van der Waals surface area contributed by atoms with E-state index < -0.39 is 19.9 Å². The van der Waals surface area contributed by atoms with Gasteiger partial charge < -0.3 is 0 Å². The van der Waals surface area contributed by atoms with Gasteiger partial charge in [-0.3, -0.25) is 4.40 Å². The monoisotopic (exact) mass is 415 g/mol. The van der Waals surface area contributed by atoms with Crippen LogP contribution in [0.1, 0.15) is 36.0 Å². The van der Waals surface area contributed by atoms with Gasteiger partial charge in [0.25, 0.3) is 0 Å². The van der Waals surface area contributed by atoms with Gasteiger partial charge >= 0.3 is 0 Å². The van der Waals surface area contributed by atoms with Crippen molar-refractivity contribution in [3.05, 3.63) is 33.6 Å². The van der Waals surface area contributed by atoms with Crippen LogP contribution in [0.2, 0.25) is 0 Å². The van der Waals surface area contributed by atoms with Crippen LogP contribution in [0.25, 0.3) is 4.83 Å². The molecule has 26 heavy (non-hydrogen) atoms. The molecule has 142 valence electrons. The number of aromatic nitrogens is 2. The van der Waals surface area contributed by atoms with Gasteiger partial charge in [0.1, 0.15) is 10.7 Å². The van der Waals surface area contributed by atoms with E-state index in [1.807, 2.05) is 13.8 Å². The average Bonchev–Trinajstić information content (AvgIpc) is 3.24. The predicted octanol–water partition coefficient (Wildman–Crippen LogP) is 1.83. The lowest BCUT2D eigenvalue weighted by molar-refractivity contribution is 0.316. The van der Waals surface area contributed by atoms with Crippen LogP contribution in [0.4, 0.5) is 0 Å². The maximum absolute atomic E-state index is 12.9. The third-order valence-electron chi connectivity index (χ3n) is 5.09. The predicted molar refractivity (Wildman–Crippen MR) is 102 cm³/mol. The SMILES string of the molecule is Cc1csc2c(C3CCCN(S(=O)(=O)C4=CCS(=O)(=O)C4)C3)nc(C)n12. The molecule has 0 aliphatic carbocycles. The van der Waals surface area contributed by atoms with Crippen LogP contribution < -0.4 is 0 Å². The van der Waals surface area contributed by atoms with Gasteiger partial charge in [-0.25, -0.2) is 21.8 Å². The third-order valence-corrected chi connectivity index (χ3v) is 9.76. The van der Waals surface area contributed by atoms with Crippen LogP contribution in [0.15, 0.2) is 16.4 Å². The number of fused-ring (bicyclic) bond motifs is 1. The zero-order valence-corrected chi connectivity index (χ0v) is 17.1. The Labute approximate surface area is 157 Å². The highest BCUT2D eigenvalue weighted by Gasteiger charge is 2.37. The van der Waals surface area contributed by atoms with Gasteiger partial charge in [0.15, 0.2) is 9.84 Å². The van der Waals surface area contributed by atoms with Gasteiger partial charge in [-0.2, -0.15) is 4.31 Å². The summed E-state index contributed by atoms with van der Waals surface area (Å²) in [6.07, 6.45) is 2.97. The van der Waals surface area contributed by atoms with Gasteiger partial charge in [0.05, 0.1) is 22.1 Å². The molecular formula is C16H21N3O4S3. The number of sulfonamides is 1. The van der Waals surface area contributed by atoms with E-state index >= 15 is 0 Å². The van der Waals surface area contributed by atoms with Crippen LogP contribution in [0.3, 0.4) is 0 Å². The summed E-state index contributed by atoms with van der Waals surface area (Å²) in [4.78, 5) is 5.81. The van der Waals surface area contributed by atoms with E-state index in [1.165, 1.54) is 10.4 Å². The number of aryl methyl sites for hydroxylation is 2. The molecule has 2 aliphatic rings.